The van der Waals surface area contributed by atoms with Gasteiger partial charge in [0.2, 0.25) is 0 Å². The van der Waals surface area contributed by atoms with Crippen molar-refractivity contribution >= 4 is 27.6 Å². The van der Waals surface area contributed by atoms with Crippen LogP contribution in [0.1, 0.15) is 5.56 Å². The fourth-order valence-corrected chi connectivity index (χ4v) is 4.67. The van der Waals surface area contributed by atoms with Crippen LogP contribution in [0.4, 0.5) is 5.69 Å². The third-order valence-corrected chi connectivity index (χ3v) is 6.59. The molecule has 0 unspecified atom stereocenters. The Morgan fingerprint density at radius 1 is 0.892 bits per heavy atom. The van der Waals surface area contributed by atoms with Crippen molar-refractivity contribution in [1.29, 1.82) is 5.26 Å². The number of H-pyrrole nitrogens is 1. The van der Waals surface area contributed by atoms with Gasteiger partial charge < -0.3 is 14.3 Å². The molecule has 3 aromatic heterocycles. The molecule has 3 aromatic carbocycles. The summed E-state index contributed by atoms with van der Waals surface area (Å²) >= 11 is 0. The zero-order chi connectivity index (χ0) is 25.5. The first kappa shape index (κ1) is 22.3. The second kappa shape index (κ2) is 8.81. The van der Waals surface area contributed by atoms with E-state index in [4.69, 9.17) is 9.40 Å². The predicted molar refractivity (Wildman–Crippen MR) is 147 cm³/mol. The molecular weight excluding hydrogens is 460 g/mol. The molecule has 178 valence electrons. The van der Waals surface area contributed by atoms with Crippen molar-refractivity contribution in [2.24, 2.45) is 0 Å². The van der Waals surface area contributed by atoms with Gasteiger partial charge in [-0.1, -0.05) is 48.5 Å². The lowest BCUT2D eigenvalue weighted by molar-refractivity contribution is 0.563. The van der Waals surface area contributed by atoms with Crippen LogP contribution in [-0.4, -0.2) is 24.1 Å². The summed E-state index contributed by atoms with van der Waals surface area (Å²) in [6.07, 6.45) is 1.86. The van der Waals surface area contributed by atoms with Gasteiger partial charge in [-0.05, 0) is 42.0 Å². The fourth-order valence-electron chi connectivity index (χ4n) is 4.67. The summed E-state index contributed by atoms with van der Waals surface area (Å²) in [5, 5.41) is 12.1. The maximum absolute atomic E-state index is 13.1. The Kier molecular flexibility index (Phi) is 5.32. The van der Waals surface area contributed by atoms with E-state index >= 15 is 0 Å². The zero-order valence-corrected chi connectivity index (χ0v) is 20.3. The molecule has 6 heteroatoms. The molecular formula is C31H22N4O2. The van der Waals surface area contributed by atoms with Crippen LogP contribution in [0, 0.1) is 11.3 Å². The van der Waals surface area contributed by atoms with Crippen LogP contribution < -0.4 is 10.5 Å². The molecule has 0 aliphatic rings. The molecule has 0 spiro atoms. The Hall–Kier alpha value is -5.15. The molecule has 0 saturated carbocycles. The van der Waals surface area contributed by atoms with Crippen LogP contribution in [0.3, 0.4) is 0 Å². The molecule has 0 bridgehead atoms. The number of nitrogens with one attached hydrogen (secondary N) is 1. The van der Waals surface area contributed by atoms with E-state index in [1.54, 1.807) is 12.1 Å². The van der Waals surface area contributed by atoms with Gasteiger partial charge in [0.25, 0.3) is 0 Å². The van der Waals surface area contributed by atoms with E-state index in [2.05, 4.69) is 11.1 Å². The number of anilines is 1. The second-order valence-electron chi connectivity index (χ2n) is 9.07. The number of fused-ring (bicyclic) bond motifs is 2. The first-order chi connectivity index (χ1) is 18.0. The minimum absolute atomic E-state index is 0.343. The molecule has 0 radical (unpaired) electrons. The topological polar surface area (TPSA) is 85.9 Å². The number of hydrogen-bond acceptors (Lipinski definition) is 5. The smallest absolute Gasteiger partial charge is 0.345 e. The molecule has 6 aromatic rings. The van der Waals surface area contributed by atoms with Crippen molar-refractivity contribution in [2.45, 2.75) is 0 Å². The summed E-state index contributed by atoms with van der Waals surface area (Å²) in [5.74, 6) is 0. The van der Waals surface area contributed by atoms with E-state index in [0.717, 1.165) is 33.1 Å². The summed E-state index contributed by atoms with van der Waals surface area (Å²) in [4.78, 5) is 23.3. The number of aromatic nitrogens is 2. The van der Waals surface area contributed by atoms with Crippen LogP contribution in [0.25, 0.3) is 55.5 Å². The lowest BCUT2D eigenvalue weighted by Crippen LogP contribution is -2.08. The summed E-state index contributed by atoms with van der Waals surface area (Å²) in [5.41, 5.74) is 6.12. The largest absolute Gasteiger partial charge is 0.422 e. The van der Waals surface area contributed by atoms with Gasteiger partial charge in [-0.3, -0.25) is 0 Å². The molecule has 6 nitrogen and oxygen atoms in total. The molecule has 3 heterocycles. The Balaban J connectivity index is 1.66. The third-order valence-electron chi connectivity index (χ3n) is 6.59. The van der Waals surface area contributed by atoms with E-state index in [-0.39, 0.29) is 0 Å². The van der Waals surface area contributed by atoms with Gasteiger partial charge >= 0.3 is 5.63 Å². The molecule has 1 N–H and O–H groups in total. The van der Waals surface area contributed by atoms with Gasteiger partial charge in [0, 0.05) is 53.4 Å². The van der Waals surface area contributed by atoms with Crippen LogP contribution in [-0.2, 0) is 0 Å². The highest BCUT2D eigenvalue weighted by molar-refractivity contribution is 5.98. The van der Waals surface area contributed by atoms with Crippen molar-refractivity contribution in [2.75, 3.05) is 19.0 Å². The number of rotatable bonds is 4. The lowest BCUT2D eigenvalue weighted by Gasteiger charge is -2.15. The van der Waals surface area contributed by atoms with Crippen LogP contribution in [0.2, 0.25) is 0 Å². The first-order valence-corrected chi connectivity index (χ1v) is 11.9. The second-order valence-corrected chi connectivity index (χ2v) is 9.07. The molecule has 0 fully saturated rings. The Morgan fingerprint density at radius 3 is 2.43 bits per heavy atom. The van der Waals surface area contributed by atoms with Crippen molar-refractivity contribution in [3.8, 4) is 39.7 Å². The molecule has 0 amide bonds. The maximum atomic E-state index is 13.1. The molecule has 0 aliphatic heterocycles. The highest BCUT2D eigenvalue weighted by atomic mass is 16.4. The van der Waals surface area contributed by atoms with Crippen molar-refractivity contribution in [3.05, 3.63) is 107 Å². The van der Waals surface area contributed by atoms with E-state index in [0.29, 0.717) is 33.7 Å². The highest BCUT2D eigenvalue weighted by Crippen LogP contribution is 2.37. The summed E-state index contributed by atoms with van der Waals surface area (Å²) in [7, 11) is 3.96. The van der Waals surface area contributed by atoms with Gasteiger partial charge in [0.05, 0.1) is 22.5 Å². The van der Waals surface area contributed by atoms with Crippen molar-refractivity contribution in [3.63, 3.8) is 0 Å². The summed E-state index contributed by atoms with van der Waals surface area (Å²) in [6, 6.07) is 29.2. The van der Waals surface area contributed by atoms with Crippen molar-refractivity contribution in [1.82, 2.24) is 9.97 Å². The minimum Gasteiger partial charge on any atom is -0.422 e. The molecule has 0 atom stereocenters. The van der Waals surface area contributed by atoms with Gasteiger partial charge in [-0.2, -0.15) is 5.26 Å². The molecule has 6 rings (SSSR count). The quantitative estimate of drug-likeness (QED) is 0.286. The molecule has 0 saturated heterocycles. The Labute approximate surface area is 213 Å². The van der Waals surface area contributed by atoms with Crippen molar-refractivity contribution < 1.29 is 4.42 Å². The maximum Gasteiger partial charge on any atom is 0.345 e. The summed E-state index contributed by atoms with van der Waals surface area (Å²) in [6.45, 7) is 0. The molecule has 37 heavy (non-hydrogen) atoms. The third kappa shape index (κ3) is 3.83. The number of hydrogen-bond donors (Lipinski definition) is 1. The van der Waals surface area contributed by atoms with E-state index < -0.39 is 5.63 Å². The van der Waals surface area contributed by atoms with Gasteiger partial charge in [-0.15, -0.1) is 0 Å². The van der Waals surface area contributed by atoms with Crippen LogP contribution in [0.5, 0.6) is 0 Å². The monoisotopic (exact) mass is 482 g/mol. The Bertz CT molecular complexity index is 1890. The number of pyridine rings is 1. The van der Waals surface area contributed by atoms with E-state index in [9.17, 15) is 10.1 Å². The van der Waals surface area contributed by atoms with Gasteiger partial charge in [0.1, 0.15) is 11.7 Å². The van der Waals surface area contributed by atoms with Crippen LogP contribution >= 0.6 is 0 Å². The number of nitrogens with zero attached hydrogens (tertiary/aromatic N) is 3. The van der Waals surface area contributed by atoms with Crippen LogP contribution in [0.15, 0.2) is 100 Å². The Morgan fingerprint density at radius 2 is 1.65 bits per heavy atom. The zero-order valence-electron chi connectivity index (χ0n) is 20.3. The number of aromatic amines is 1. The SMILES string of the molecule is CN(C)c1ccc(-c2cc(-c3cc4ccccc4oc3=O)nc(-c3c[nH]c4ccccc34)c2C#N)cc1. The highest BCUT2D eigenvalue weighted by Gasteiger charge is 2.21. The van der Waals surface area contributed by atoms with E-state index in [1.807, 2.05) is 98.0 Å². The first-order valence-electron chi connectivity index (χ1n) is 11.9. The number of nitriles is 1. The average molecular weight is 483 g/mol. The van der Waals surface area contributed by atoms with Gasteiger partial charge in [0.15, 0.2) is 0 Å². The minimum atomic E-state index is -0.477. The number of para-hydroxylation sites is 2. The molecule has 0 aliphatic carbocycles. The standard InChI is InChI=1S/C31H22N4O2/c1-35(2)21-13-11-19(12-14-21)23-16-28(24-15-20-7-3-6-10-29(20)37-31(24)36)34-30(25(23)17-32)26-18-33-27-9-5-4-8-22(26)27/h3-16,18,33H,1-2H3. The lowest BCUT2D eigenvalue weighted by atomic mass is 9.94. The average Bonchev–Trinajstić information content (AvgIpc) is 3.36. The summed E-state index contributed by atoms with van der Waals surface area (Å²) < 4.78 is 5.62. The normalized spacial score (nSPS) is 11.1. The van der Waals surface area contributed by atoms with E-state index in [1.165, 1.54) is 0 Å². The predicted octanol–water partition coefficient (Wildman–Crippen LogP) is 6.61. The number of benzene rings is 3. The fraction of sp³-hybridized carbons (Fsp3) is 0.0645. The van der Waals surface area contributed by atoms with Gasteiger partial charge in [-0.25, -0.2) is 9.78 Å².